The third-order valence-corrected chi connectivity index (χ3v) is 10.4. The highest BCUT2D eigenvalue weighted by Crippen LogP contribution is 2.34. The number of hydrogen-bond donors (Lipinski definition) is 5. The van der Waals surface area contributed by atoms with Crippen LogP contribution in [0.4, 0.5) is 5.69 Å². The number of carboxylic acid groups (broad SMARTS) is 1. The number of guanidine groups is 1. The molecule has 0 aliphatic carbocycles. The first-order chi connectivity index (χ1) is 22.9. The molecule has 3 atom stereocenters. The lowest BCUT2D eigenvalue weighted by atomic mass is 10.0. The summed E-state index contributed by atoms with van der Waals surface area (Å²) in [7, 11) is -0.367. The maximum atomic E-state index is 14.3. The lowest BCUT2D eigenvalue weighted by molar-refractivity contribution is -0.142. The van der Waals surface area contributed by atoms with Gasteiger partial charge in [-0.3, -0.25) is 14.6 Å². The SMILES string of the molecule is CN(C)c1cccc2c(S(=O)(=O)N3CCCC[C@H]3C(=O)N[C@@H](CCc3ccccc3)C(=O)N[C@@H](CCCN=C(N)N)C(=O)O)cccc12. The molecule has 2 amide bonds. The first-order valence-corrected chi connectivity index (χ1v) is 17.5. The number of aliphatic imine (C=N–C) groups is 1. The Labute approximate surface area is 281 Å². The van der Waals surface area contributed by atoms with Gasteiger partial charge in [0.2, 0.25) is 21.8 Å². The third-order valence-electron chi connectivity index (χ3n) is 8.44. The second-order valence-corrected chi connectivity index (χ2v) is 13.9. The van der Waals surface area contributed by atoms with Gasteiger partial charge in [-0.1, -0.05) is 61.0 Å². The number of hydrogen-bond acceptors (Lipinski definition) is 7. The second kappa shape index (κ2) is 16.4. The molecule has 48 heavy (non-hydrogen) atoms. The molecule has 3 aromatic rings. The molecular weight excluding hydrogens is 634 g/mol. The quantitative estimate of drug-likeness (QED) is 0.0907. The van der Waals surface area contributed by atoms with Crippen LogP contribution in [-0.2, 0) is 30.8 Å². The Bertz CT molecular complexity index is 1730. The molecule has 0 unspecified atom stereocenters. The lowest BCUT2D eigenvalue weighted by Crippen LogP contribution is -2.57. The van der Waals surface area contributed by atoms with E-state index < -0.39 is 45.9 Å². The van der Waals surface area contributed by atoms with Crippen molar-refractivity contribution in [2.24, 2.45) is 16.5 Å². The minimum atomic E-state index is -4.14. The van der Waals surface area contributed by atoms with Crippen LogP contribution in [0.1, 0.15) is 44.1 Å². The van der Waals surface area contributed by atoms with Crippen molar-refractivity contribution in [3.8, 4) is 0 Å². The van der Waals surface area contributed by atoms with Gasteiger partial charge in [0.05, 0.1) is 4.90 Å². The number of nitrogens with two attached hydrogens (primary N) is 2. The van der Waals surface area contributed by atoms with Crippen LogP contribution in [0.3, 0.4) is 0 Å². The molecule has 0 aromatic heterocycles. The topological polar surface area (TPSA) is 201 Å². The summed E-state index contributed by atoms with van der Waals surface area (Å²) in [6.07, 6.45) is 2.42. The highest BCUT2D eigenvalue weighted by atomic mass is 32.2. The maximum absolute atomic E-state index is 14.3. The van der Waals surface area contributed by atoms with Crippen molar-refractivity contribution in [2.75, 3.05) is 32.1 Å². The highest BCUT2D eigenvalue weighted by molar-refractivity contribution is 7.89. The fourth-order valence-electron chi connectivity index (χ4n) is 5.99. The average Bonchev–Trinajstić information content (AvgIpc) is 3.07. The molecule has 0 radical (unpaired) electrons. The van der Waals surface area contributed by atoms with Gasteiger partial charge < -0.3 is 32.1 Å². The van der Waals surface area contributed by atoms with E-state index in [1.807, 2.05) is 61.5 Å². The number of anilines is 1. The van der Waals surface area contributed by atoms with Crippen LogP contribution >= 0.6 is 0 Å². The van der Waals surface area contributed by atoms with Gasteiger partial charge in [0.25, 0.3) is 0 Å². The summed E-state index contributed by atoms with van der Waals surface area (Å²) in [5.74, 6) is -2.64. The molecule has 1 aliphatic heterocycles. The van der Waals surface area contributed by atoms with Crippen LogP contribution in [0.25, 0.3) is 10.8 Å². The van der Waals surface area contributed by atoms with Crippen molar-refractivity contribution in [3.05, 3.63) is 72.3 Å². The van der Waals surface area contributed by atoms with Gasteiger partial charge in [-0.2, -0.15) is 4.31 Å². The Morgan fingerprint density at radius 3 is 2.33 bits per heavy atom. The summed E-state index contributed by atoms with van der Waals surface area (Å²) in [4.78, 5) is 45.4. The Balaban J connectivity index is 1.59. The molecule has 1 aliphatic rings. The lowest BCUT2D eigenvalue weighted by Gasteiger charge is -2.35. The molecule has 1 fully saturated rings. The fraction of sp³-hybridized carbons (Fsp3) is 0.412. The van der Waals surface area contributed by atoms with Crippen LogP contribution in [0.5, 0.6) is 0 Å². The zero-order valence-corrected chi connectivity index (χ0v) is 28.2. The van der Waals surface area contributed by atoms with Crippen molar-refractivity contribution < 1.29 is 27.9 Å². The van der Waals surface area contributed by atoms with Gasteiger partial charge in [0, 0.05) is 43.6 Å². The van der Waals surface area contributed by atoms with Crippen molar-refractivity contribution in [1.82, 2.24) is 14.9 Å². The minimum absolute atomic E-state index is 0.0619. The van der Waals surface area contributed by atoms with Gasteiger partial charge in [0.15, 0.2) is 5.96 Å². The molecule has 7 N–H and O–H groups in total. The molecule has 0 bridgehead atoms. The van der Waals surface area contributed by atoms with E-state index >= 15 is 0 Å². The smallest absolute Gasteiger partial charge is 0.326 e. The largest absolute Gasteiger partial charge is 0.480 e. The predicted octanol–water partition coefficient (Wildman–Crippen LogP) is 2.19. The summed E-state index contributed by atoms with van der Waals surface area (Å²) in [6, 6.07) is 16.5. The molecule has 0 saturated carbocycles. The molecular formula is C34H45N7O6S. The monoisotopic (exact) mass is 679 g/mol. The van der Waals surface area contributed by atoms with Crippen LogP contribution in [0, 0.1) is 0 Å². The van der Waals surface area contributed by atoms with E-state index in [9.17, 15) is 27.9 Å². The van der Waals surface area contributed by atoms with Crippen molar-refractivity contribution >= 4 is 50.2 Å². The van der Waals surface area contributed by atoms with E-state index in [2.05, 4.69) is 15.6 Å². The van der Waals surface area contributed by atoms with Crippen molar-refractivity contribution in [2.45, 2.75) is 68.0 Å². The van der Waals surface area contributed by atoms with E-state index in [-0.39, 0.29) is 43.2 Å². The van der Waals surface area contributed by atoms with Crippen LogP contribution in [0.2, 0.25) is 0 Å². The number of rotatable bonds is 15. The summed E-state index contributed by atoms with van der Waals surface area (Å²) < 4.78 is 29.8. The Kier molecular flexibility index (Phi) is 12.4. The Hall–Kier alpha value is -4.69. The van der Waals surface area contributed by atoms with Crippen LogP contribution in [-0.4, -0.2) is 86.9 Å². The number of piperidine rings is 1. The number of sulfonamides is 1. The summed E-state index contributed by atoms with van der Waals surface area (Å²) >= 11 is 0. The fourth-order valence-corrected chi connectivity index (χ4v) is 7.85. The van der Waals surface area contributed by atoms with E-state index in [0.29, 0.717) is 31.1 Å². The van der Waals surface area contributed by atoms with Gasteiger partial charge in [-0.05, 0) is 56.2 Å². The molecule has 0 spiro atoms. The summed E-state index contributed by atoms with van der Waals surface area (Å²) in [5, 5.41) is 16.5. The zero-order chi connectivity index (χ0) is 34.8. The number of carbonyl (C=O) groups excluding carboxylic acids is 2. The van der Waals surface area contributed by atoms with Gasteiger partial charge in [0.1, 0.15) is 18.1 Å². The van der Waals surface area contributed by atoms with Gasteiger partial charge >= 0.3 is 5.97 Å². The Morgan fingerprint density at radius 2 is 1.65 bits per heavy atom. The van der Waals surface area contributed by atoms with E-state index in [4.69, 9.17) is 11.5 Å². The molecule has 3 aromatic carbocycles. The molecule has 1 saturated heterocycles. The molecule has 14 heteroatoms. The normalized spacial score (nSPS) is 16.4. The highest BCUT2D eigenvalue weighted by Gasteiger charge is 2.39. The third kappa shape index (κ3) is 9.01. The predicted molar refractivity (Wildman–Crippen MR) is 186 cm³/mol. The van der Waals surface area contributed by atoms with Gasteiger partial charge in [-0.15, -0.1) is 0 Å². The number of carbonyl (C=O) groups is 3. The van der Waals surface area contributed by atoms with Crippen molar-refractivity contribution in [1.29, 1.82) is 0 Å². The van der Waals surface area contributed by atoms with E-state index in [1.54, 1.807) is 24.3 Å². The number of amides is 2. The van der Waals surface area contributed by atoms with Crippen molar-refractivity contribution in [3.63, 3.8) is 0 Å². The zero-order valence-electron chi connectivity index (χ0n) is 27.3. The average molecular weight is 680 g/mol. The van der Waals surface area contributed by atoms with E-state index in [1.165, 1.54) is 4.31 Å². The Morgan fingerprint density at radius 1 is 0.938 bits per heavy atom. The standard InChI is InChI=1S/C34H45N7O6S/c1-40(2)28-17-8-14-25-24(28)13-9-18-30(25)48(46,47)41-22-7-6-16-29(41)32(43)38-26(20-19-23-11-4-3-5-12-23)31(42)39-27(33(44)45)15-10-21-37-34(35)36/h3-5,8-9,11-14,17-18,26-27,29H,6-7,10,15-16,19-22H2,1-2H3,(H,38,43)(H,39,42)(H,44,45)(H4,35,36,37)/t26-,27-,29-/m0/s1. The number of fused-ring (bicyclic) bond motifs is 1. The second-order valence-electron chi connectivity index (χ2n) is 12.1. The molecule has 258 valence electrons. The molecule has 4 rings (SSSR count). The summed E-state index contributed by atoms with van der Waals surface area (Å²) in [5.41, 5.74) is 12.5. The number of aryl methyl sites for hydroxylation is 1. The number of carboxylic acids is 1. The van der Waals surface area contributed by atoms with Crippen LogP contribution in [0.15, 0.2) is 76.6 Å². The molecule has 13 nitrogen and oxygen atoms in total. The minimum Gasteiger partial charge on any atom is -0.480 e. The van der Waals surface area contributed by atoms with E-state index in [0.717, 1.165) is 16.6 Å². The maximum Gasteiger partial charge on any atom is 0.326 e. The van der Waals surface area contributed by atoms with Crippen LogP contribution < -0.4 is 27.0 Å². The number of benzene rings is 3. The molecule has 1 heterocycles. The number of aliphatic carboxylic acids is 1. The van der Waals surface area contributed by atoms with Gasteiger partial charge in [-0.25, -0.2) is 13.2 Å². The first-order valence-electron chi connectivity index (χ1n) is 16.0. The number of nitrogens with zero attached hydrogens (tertiary/aromatic N) is 3. The number of nitrogens with one attached hydrogen (secondary N) is 2. The first kappa shape index (κ1) is 36.2. The summed E-state index contributed by atoms with van der Waals surface area (Å²) in [6.45, 7) is 0.331.